The van der Waals surface area contributed by atoms with E-state index in [1.807, 2.05) is 69.3 Å². The molecule has 1 heterocycles. The minimum absolute atomic E-state index is 0.00694. The highest BCUT2D eigenvalue weighted by molar-refractivity contribution is 5.95. The van der Waals surface area contributed by atoms with Crippen molar-refractivity contribution < 1.29 is 14.4 Å². The van der Waals surface area contributed by atoms with E-state index in [1.165, 1.54) is 0 Å². The molecule has 1 unspecified atom stereocenters. The van der Waals surface area contributed by atoms with Crippen LogP contribution in [-0.4, -0.2) is 53.8 Å². The Morgan fingerprint density at radius 1 is 1.06 bits per heavy atom. The van der Waals surface area contributed by atoms with Gasteiger partial charge in [-0.1, -0.05) is 37.3 Å². The smallest absolute Gasteiger partial charge is 0.321 e. The fraction of sp³-hybridized carbons (Fsp3) is 0.423. The third-order valence-electron chi connectivity index (χ3n) is 5.89. The lowest BCUT2D eigenvalue weighted by Gasteiger charge is -2.34. The van der Waals surface area contributed by atoms with Crippen LogP contribution in [0.25, 0.3) is 0 Å². The molecular formula is C26H34N4O3. The van der Waals surface area contributed by atoms with Gasteiger partial charge in [-0.05, 0) is 62.4 Å². The SMILES string of the molecule is CCCN(CC(=O)Nc1ccccc1C)C(=O)C1CCCN(C(=O)Nc2cccc(C)c2)C1. The molecule has 3 rings (SSSR count). The highest BCUT2D eigenvalue weighted by Gasteiger charge is 2.32. The summed E-state index contributed by atoms with van der Waals surface area (Å²) in [5.41, 5.74) is 3.54. The second-order valence-corrected chi connectivity index (χ2v) is 8.71. The summed E-state index contributed by atoms with van der Waals surface area (Å²) in [5.74, 6) is -0.583. The number of piperidine rings is 1. The predicted octanol–water partition coefficient (Wildman–Crippen LogP) is 4.42. The summed E-state index contributed by atoms with van der Waals surface area (Å²) < 4.78 is 0. The summed E-state index contributed by atoms with van der Waals surface area (Å²) >= 11 is 0. The zero-order valence-corrected chi connectivity index (χ0v) is 19.8. The first kappa shape index (κ1) is 24.3. The van der Waals surface area contributed by atoms with Crippen molar-refractivity contribution in [2.24, 2.45) is 5.92 Å². The number of rotatable bonds is 7. The maximum atomic E-state index is 13.3. The van der Waals surface area contributed by atoms with E-state index in [9.17, 15) is 14.4 Å². The van der Waals surface area contributed by atoms with Crippen molar-refractivity contribution in [3.05, 3.63) is 59.7 Å². The number of hydrogen-bond acceptors (Lipinski definition) is 3. The number of nitrogens with zero attached hydrogens (tertiary/aromatic N) is 2. The van der Waals surface area contributed by atoms with Crippen molar-refractivity contribution >= 4 is 29.2 Å². The van der Waals surface area contributed by atoms with E-state index >= 15 is 0 Å². The first-order valence-corrected chi connectivity index (χ1v) is 11.6. The number of amides is 4. The number of carbonyl (C=O) groups is 3. The lowest BCUT2D eigenvalue weighted by Crippen LogP contribution is -2.49. The molecule has 2 aromatic carbocycles. The molecule has 2 aromatic rings. The van der Waals surface area contributed by atoms with E-state index in [0.29, 0.717) is 26.1 Å². The van der Waals surface area contributed by atoms with Gasteiger partial charge >= 0.3 is 6.03 Å². The molecule has 176 valence electrons. The van der Waals surface area contributed by atoms with Gasteiger partial charge in [-0.2, -0.15) is 0 Å². The molecule has 33 heavy (non-hydrogen) atoms. The van der Waals surface area contributed by atoms with Gasteiger partial charge in [0.2, 0.25) is 11.8 Å². The van der Waals surface area contributed by atoms with Crippen molar-refractivity contribution in [1.29, 1.82) is 0 Å². The standard InChI is InChI=1S/C26H34N4O3/c1-4-14-29(18-24(31)28-23-13-6-5-10-20(23)3)25(32)21-11-8-15-30(17-21)26(33)27-22-12-7-9-19(2)16-22/h5-7,9-10,12-13,16,21H,4,8,11,14-15,17-18H2,1-3H3,(H,27,33)(H,28,31). The average molecular weight is 451 g/mol. The quantitative estimate of drug-likeness (QED) is 0.655. The average Bonchev–Trinajstić information content (AvgIpc) is 2.80. The van der Waals surface area contributed by atoms with Crippen LogP contribution in [0.4, 0.5) is 16.2 Å². The highest BCUT2D eigenvalue weighted by atomic mass is 16.2. The second kappa shape index (κ2) is 11.5. The number of hydrogen-bond donors (Lipinski definition) is 2. The predicted molar refractivity (Wildman–Crippen MR) is 131 cm³/mol. The molecule has 7 heteroatoms. The number of aryl methyl sites for hydroxylation is 2. The molecule has 0 aromatic heterocycles. The zero-order chi connectivity index (χ0) is 23.8. The number of para-hydroxylation sites is 1. The number of nitrogens with one attached hydrogen (secondary N) is 2. The van der Waals surface area contributed by atoms with Crippen LogP contribution in [0, 0.1) is 19.8 Å². The lowest BCUT2D eigenvalue weighted by molar-refractivity contribution is -0.139. The minimum Gasteiger partial charge on any atom is -0.333 e. The van der Waals surface area contributed by atoms with Gasteiger partial charge in [-0.15, -0.1) is 0 Å². The van der Waals surface area contributed by atoms with E-state index in [2.05, 4.69) is 10.6 Å². The Morgan fingerprint density at radius 3 is 2.58 bits per heavy atom. The van der Waals surface area contributed by atoms with Gasteiger partial charge in [-0.25, -0.2) is 4.79 Å². The summed E-state index contributed by atoms with van der Waals surface area (Å²) in [6.07, 6.45) is 2.23. The first-order chi connectivity index (χ1) is 15.9. The van der Waals surface area contributed by atoms with Crippen molar-refractivity contribution in [3.8, 4) is 0 Å². The summed E-state index contributed by atoms with van der Waals surface area (Å²) in [4.78, 5) is 42.1. The lowest BCUT2D eigenvalue weighted by atomic mass is 9.96. The topological polar surface area (TPSA) is 81.8 Å². The van der Waals surface area contributed by atoms with E-state index in [0.717, 1.165) is 35.3 Å². The Balaban J connectivity index is 1.60. The number of anilines is 2. The fourth-order valence-corrected chi connectivity index (χ4v) is 4.16. The maximum Gasteiger partial charge on any atom is 0.321 e. The van der Waals surface area contributed by atoms with E-state index in [-0.39, 0.29) is 30.3 Å². The Morgan fingerprint density at radius 2 is 1.85 bits per heavy atom. The van der Waals surface area contributed by atoms with Crippen molar-refractivity contribution in [1.82, 2.24) is 9.80 Å². The van der Waals surface area contributed by atoms with Crippen LogP contribution < -0.4 is 10.6 Å². The molecule has 0 spiro atoms. The van der Waals surface area contributed by atoms with Crippen LogP contribution in [-0.2, 0) is 9.59 Å². The van der Waals surface area contributed by atoms with Gasteiger partial charge in [0.05, 0.1) is 12.5 Å². The van der Waals surface area contributed by atoms with Crippen LogP contribution in [0.1, 0.15) is 37.3 Å². The van der Waals surface area contributed by atoms with Crippen molar-refractivity contribution in [2.45, 2.75) is 40.0 Å². The van der Waals surface area contributed by atoms with Crippen molar-refractivity contribution in [3.63, 3.8) is 0 Å². The number of benzene rings is 2. The van der Waals surface area contributed by atoms with Gasteiger partial charge in [0.1, 0.15) is 0 Å². The fourth-order valence-electron chi connectivity index (χ4n) is 4.16. The Hall–Kier alpha value is -3.35. The van der Waals surface area contributed by atoms with E-state index < -0.39 is 0 Å². The number of carbonyl (C=O) groups excluding carboxylic acids is 3. The Bertz CT molecular complexity index is 991. The summed E-state index contributed by atoms with van der Waals surface area (Å²) in [5, 5.41) is 5.84. The van der Waals surface area contributed by atoms with Crippen LogP contribution in [0.5, 0.6) is 0 Å². The molecule has 0 aliphatic carbocycles. The third kappa shape index (κ3) is 6.81. The second-order valence-electron chi connectivity index (χ2n) is 8.71. The van der Waals surface area contributed by atoms with Gasteiger partial charge in [-0.3, -0.25) is 9.59 Å². The Kier molecular flexibility index (Phi) is 8.46. The minimum atomic E-state index is -0.306. The monoisotopic (exact) mass is 450 g/mol. The molecule has 0 saturated carbocycles. The van der Waals surface area contributed by atoms with Gasteiger partial charge in [0.15, 0.2) is 0 Å². The van der Waals surface area contributed by atoms with Crippen LogP contribution in [0.15, 0.2) is 48.5 Å². The summed E-state index contributed by atoms with van der Waals surface area (Å²) in [6.45, 7) is 7.38. The zero-order valence-electron chi connectivity index (χ0n) is 19.8. The van der Waals surface area contributed by atoms with Gasteiger partial charge in [0, 0.05) is 31.0 Å². The first-order valence-electron chi connectivity index (χ1n) is 11.6. The third-order valence-corrected chi connectivity index (χ3v) is 5.89. The molecule has 1 aliphatic heterocycles. The number of likely N-dealkylation sites (tertiary alicyclic amines) is 1. The molecule has 4 amide bonds. The van der Waals surface area contributed by atoms with Crippen LogP contribution >= 0.6 is 0 Å². The molecule has 1 atom stereocenters. The number of urea groups is 1. The molecule has 0 radical (unpaired) electrons. The van der Waals surface area contributed by atoms with E-state index in [4.69, 9.17) is 0 Å². The maximum absolute atomic E-state index is 13.3. The molecule has 0 bridgehead atoms. The van der Waals surface area contributed by atoms with Crippen LogP contribution in [0.2, 0.25) is 0 Å². The molecular weight excluding hydrogens is 416 g/mol. The Labute approximate surface area is 196 Å². The highest BCUT2D eigenvalue weighted by Crippen LogP contribution is 2.21. The van der Waals surface area contributed by atoms with Crippen molar-refractivity contribution in [2.75, 3.05) is 36.8 Å². The largest absolute Gasteiger partial charge is 0.333 e. The molecule has 1 fully saturated rings. The molecule has 1 saturated heterocycles. The molecule has 1 aliphatic rings. The molecule has 7 nitrogen and oxygen atoms in total. The summed E-state index contributed by atoms with van der Waals surface area (Å²) in [7, 11) is 0. The van der Waals surface area contributed by atoms with Gasteiger partial charge in [0.25, 0.3) is 0 Å². The van der Waals surface area contributed by atoms with E-state index in [1.54, 1.807) is 9.80 Å². The summed E-state index contributed by atoms with van der Waals surface area (Å²) in [6, 6.07) is 15.0. The van der Waals surface area contributed by atoms with Crippen LogP contribution in [0.3, 0.4) is 0 Å². The molecule has 2 N–H and O–H groups in total. The van der Waals surface area contributed by atoms with Gasteiger partial charge < -0.3 is 20.4 Å². The normalized spacial score (nSPS) is 15.6.